The van der Waals surface area contributed by atoms with Gasteiger partial charge in [0.15, 0.2) is 0 Å². The summed E-state index contributed by atoms with van der Waals surface area (Å²) in [6.07, 6.45) is 1.75. The van der Waals surface area contributed by atoms with Crippen molar-refractivity contribution in [1.29, 1.82) is 0 Å². The van der Waals surface area contributed by atoms with Gasteiger partial charge in [-0.05, 0) is 17.7 Å². The first-order valence-corrected chi connectivity index (χ1v) is 8.01. The van der Waals surface area contributed by atoms with E-state index in [1.54, 1.807) is 18.0 Å². The smallest absolute Gasteiger partial charge is 0.248 e. The molecule has 108 valence electrons. The number of carbonyl (C=O) groups excluding carboxylic acids is 1. The van der Waals surface area contributed by atoms with Crippen molar-refractivity contribution in [3.8, 4) is 0 Å². The van der Waals surface area contributed by atoms with Crippen LogP contribution < -0.4 is 10.6 Å². The van der Waals surface area contributed by atoms with Gasteiger partial charge in [0, 0.05) is 18.5 Å². The van der Waals surface area contributed by atoms with Gasteiger partial charge < -0.3 is 5.32 Å². The Morgan fingerprint density at radius 1 is 1.24 bits per heavy atom. The quantitative estimate of drug-likeness (QED) is 0.906. The summed E-state index contributed by atoms with van der Waals surface area (Å²) in [6.45, 7) is 0.877. The lowest BCUT2D eigenvalue weighted by atomic mass is 10.0. The molecule has 2 aromatic rings. The number of carbonyl (C=O) groups is 1. The highest BCUT2D eigenvalue weighted by Gasteiger charge is 2.26. The van der Waals surface area contributed by atoms with Crippen molar-refractivity contribution < 1.29 is 4.79 Å². The number of thioether (sulfide) groups is 1. The second kappa shape index (κ2) is 6.74. The third-order valence-electron chi connectivity index (χ3n) is 3.36. The van der Waals surface area contributed by atoms with E-state index < -0.39 is 0 Å². The Bertz CT molecular complexity index is 545. The van der Waals surface area contributed by atoms with Crippen LogP contribution in [0.3, 0.4) is 0 Å². The molecule has 1 saturated heterocycles. The molecule has 2 heterocycles. The molecule has 1 aromatic heterocycles. The fourth-order valence-corrected chi connectivity index (χ4v) is 3.26. The van der Waals surface area contributed by atoms with Crippen molar-refractivity contribution in [3.63, 3.8) is 0 Å². The van der Waals surface area contributed by atoms with Crippen LogP contribution in [0.15, 0.2) is 54.7 Å². The van der Waals surface area contributed by atoms with Crippen LogP contribution in [0.5, 0.6) is 0 Å². The average molecular weight is 299 g/mol. The van der Waals surface area contributed by atoms with Crippen molar-refractivity contribution in [2.24, 2.45) is 0 Å². The van der Waals surface area contributed by atoms with Gasteiger partial charge in [0.25, 0.3) is 0 Å². The third kappa shape index (κ3) is 3.43. The van der Waals surface area contributed by atoms with Crippen LogP contribution >= 0.6 is 11.8 Å². The molecule has 1 aromatic carbocycles. The van der Waals surface area contributed by atoms with Crippen LogP contribution in [0.25, 0.3) is 0 Å². The van der Waals surface area contributed by atoms with Gasteiger partial charge in [-0.1, -0.05) is 36.4 Å². The molecule has 0 saturated carbocycles. The van der Waals surface area contributed by atoms with Crippen LogP contribution in [-0.4, -0.2) is 28.6 Å². The Labute approximate surface area is 128 Å². The third-order valence-corrected chi connectivity index (χ3v) is 4.51. The van der Waals surface area contributed by atoms with E-state index in [2.05, 4.69) is 15.6 Å². The minimum Gasteiger partial charge on any atom is -0.341 e. The molecule has 1 aliphatic heterocycles. The molecule has 0 bridgehead atoms. The topological polar surface area (TPSA) is 54.0 Å². The fourth-order valence-electron chi connectivity index (χ4n) is 2.33. The summed E-state index contributed by atoms with van der Waals surface area (Å²) in [7, 11) is 0. The lowest BCUT2D eigenvalue weighted by Gasteiger charge is -2.20. The number of aromatic nitrogens is 1. The summed E-state index contributed by atoms with van der Waals surface area (Å²) >= 11 is 1.64. The molecule has 0 spiro atoms. The van der Waals surface area contributed by atoms with Gasteiger partial charge in [-0.15, -0.1) is 11.8 Å². The highest BCUT2D eigenvalue weighted by Crippen LogP contribution is 2.22. The summed E-state index contributed by atoms with van der Waals surface area (Å²) in [5, 5.41) is 6.14. The normalized spacial score (nSPS) is 19.1. The van der Waals surface area contributed by atoms with Crippen LogP contribution in [0.1, 0.15) is 17.3 Å². The van der Waals surface area contributed by atoms with Gasteiger partial charge in [0.1, 0.15) is 5.37 Å². The summed E-state index contributed by atoms with van der Waals surface area (Å²) < 4.78 is 0. The van der Waals surface area contributed by atoms with E-state index in [1.807, 2.05) is 48.5 Å². The standard InChI is InChI=1S/C16H17N3OS/c20-15(16-18-10-11-21-16)19-14(12-6-2-1-3-7-12)13-8-4-5-9-17-13/h1-9,14,16,18H,10-11H2,(H,19,20)/t14?,16-/m0/s1. The van der Waals surface area contributed by atoms with E-state index in [1.165, 1.54) is 0 Å². The van der Waals surface area contributed by atoms with Crippen LogP contribution in [-0.2, 0) is 4.79 Å². The largest absolute Gasteiger partial charge is 0.341 e. The molecule has 1 fully saturated rings. The number of hydrogen-bond acceptors (Lipinski definition) is 4. The van der Waals surface area contributed by atoms with Crippen molar-refractivity contribution in [2.45, 2.75) is 11.4 Å². The minimum atomic E-state index is -0.220. The maximum atomic E-state index is 12.4. The predicted octanol–water partition coefficient (Wildman–Crippen LogP) is 1.95. The monoisotopic (exact) mass is 299 g/mol. The van der Waals surface area contributed by atoms with E-state index in [0.29, 0.717) is 0 Å². The van der Waals surface area contributed by atoms with Crippen LogP contribution in [0, 0.1) is 0 Å². The van der Waals surface area contributed by atoms with E-state index in [4.69, 9.17) is 0 Å². The minimum absolute atomic E-state index is 0.0111. The van der Waals surface area contributed by atoms with Gasteiger partial charge in [-0.2, -0.15) is 0 Å². The molecule has 2 N–H and O–H groups in total. The van der Waals surface area contributed by atoms with Crippen molar-refractivity contribution >= 4 is 17.7 Å². The summed E-state index contributed by atoms with van der Waals surface area (Å²) in [5.74, 6) is 0.981. The summed E-state index contributed by atoms with van der Waals surface area (Å²) in [5.41, 5.74) is 1.88. The highest BCUT2D eigenvalue weighted by atomic mass is 32.2. The Morgan fingerprint density at radius 3 is 2.71 bits per heavy atom. The number of amides is 1. The highest BCUT2D eigenvalue weighted by molar-refractivity contribution is 8.00. The molecular formula is C16H17N3OS. The summed E-state index contributed by atoms with van der Waals surface area (Å²) in [6, 6.07) is 15.5. The predicted molar refractivity (Wildman–Crippen MR) is 84.9 cm³/mol. The second-order valence-electron chi connectivity index (χ2n) is 4.81. The maximum absolute atomic E-state index is 12.4. The molecule has 4 nitrogen and oxygen atoms in total. The second-order valence-corrected chi connectivity index (χ2v) is 6.02. The van der Waals surface area contributed by atoms with E-state index in [-0.39, 0.29) is 17.3 Å². The lowest BCUT2D eigenvalue weighted by molar-refractivity contribution is -0.121. The van der Waals surface area contributed by atoms with Gasteiger partial charge in [-0.25, -0.2) is 0 Å². The Hall–Kier alpha value is -1.85. The molecule has 21 heavy (non-hydrogen) atoms. The first-order valence-electron chi connectivity index (χ1n) is 6.96. The Balaban J connectivity index is 1.84. The van der Waals surface area contributed by atoms with Gasteiger partial charge >= 0.3 is 0 Å². The molecule has 5 heteroatoms. The van der Waals surface area contributed by atoms with E-state index in [0.717, 1.165) is 23.6 Å². The number of nitrogens with zero attached hydrogens (tertiary/aromatic N) is 1. The van der Waals surface area contributed by atoms with E-state index >= 15 is 0 Å². The number of nitrogens with one attached hydrogen (secondary N) is 2. The first-order chi connectivity index (χ1) is 10.3. The Morgan fingerprint density at radius 2 is 2.05 bits per heavy atom. The van der Waals surface area contributed by atoms with Crippen molar-refractivity contribution in [2.75, 3.05) is 12.3 Å². The SMILES string of the molecule is O=C(NC(c1ccccc1)c1ccccn1)[C@H]1NCCS1. The number of hydrogen-bond donors (Lipinski definition) is 2. The zero-order valence-corrected chi connectivity index (χ0v) is 12.3. The van der Waals surface area contributed by atoms with Gasteiger partial charge in [-0.3, -0.25) is 15.1 Å². The van der Waals surface area contributed by atoms with Crippen LogP contribution in [0.4, 0.5) is 0 Å². The molecule has 2 atom stereocenters. The molecular weight excluding hydrogens is 282 g/mol. The Kier molecular flexibility index (Phi) is 4.52. The first kappa shape index (κ1) is 14.1. The molecule has 1 unspecified atom stereocenters. The van der Waals surface area contributed by atoms with Crippen molar-refractivity contribution in [1.82, 2.24) is 15.6 Å². The lowest BCUT2D eigenvalue weighted by Crippen LogP contribution is -2.41. The fraction of sp³-hybridized carbons (Fsp3) is 0.250. The molecule has 1 amide bonds. The number of rotatable bonds is 4. The zero-order chi connectivity index (χ0) is 14.5. The average Bonchev–Trinajstić information content (AvgIpc) is 3.09. The van der Waals surface area contributed by atoms with Gasteiger partial charge in [0.2, 0.25) is 5.91 Å². The van der Waals surface area contributed by atoms with Crippen molar-refractivity contribution in [3.05, 3.63) is 66.0 Å². The molecule has 1 aliphatic rings. The van der Waals surface area contributed by atoms with E-state index in [9.17, 15) is 4.79 Å². The van der Waals surface area contributed by atoms with Crippen LogP contribution in [0.2, 0.25) is 0 Å². The molecule has 0 radical (unpaired) electrons. The molecule has 0 aliphatic carbocycles. The summed E-state index contributed by atoms with van der Waals surface area (Å²) in [4.78, 5) is 16.8. The molecule has 3 rings (SSSR count). The number of pyridine rings is 1. The van der Waals surface area contributed by atoms with Gasteiger partial charge in [0.05, 0.1) is 11.7 Å². The zero-order valence-electron chi connectivity index (χ0n) is 11.5. The maximum Gasteiger partial charge on any atom is 0.248 e. The number of benzene rings is 1.